The highest BCUT2D eigenvalue weighted by molar-refractivity contribution is 6.03. The number of hydrogen-bond acceptors (Lipinski definition) is 4. The molecule has 148 valence electrons. The number of carbonyl (C=O) groups excluding carboxylic acids is 2. The Morgan fingerprint density at radius 3 is 2.34 bits per heavy atom. The van der Waals surface area contributed by atoms with E-state index in [4.69, 9.17) is 0 Å². The summed E-state index contributed by atoms with van der Waals surface area (Å²) in [5, 5.41) is 2.89. The molecule has 0 aliphatic rings. The van der Waals surface area contributed by atoms with Crippen LogP contribution in [0.5, 0.6) is 0 Å². The molecule has 0 saturated heterocycles. The van der Waals surface area contributed by atoms with Gasteiger partial charge in [-0.05, 0) is 54.8 Å². The van der Waals surface area contributed by atoms with Crippen molar-refractivity contribution < 1.29 is 9.59 Å². The standard InChI is InChI=1S/C24H25N3O2/c1-2-3-4-5-8-18-13-15-19(16-14-18)26-24(29)23-12-7-11-22(27-23)21-10-6-9-20(17-28)25-21/h6-7,9-17H,2-5,8H2,1H3,(H,26,29). The van der Waals surface area contributed by atoms with E-state index in [-0.39, 0.29) is 5.91 Å². The van der Waals surface area contributed by atoms with Crippen LogP contribution in [0.3, 0.4) is 0 Å². The Morgan fingerprint density at radius 2 is 1.62 bits per heavy atom. The quantitative estimate of drug-likeness (QED) is 0.398. The zero-order valence-electron chi connectivity index (χ0n) is 16.6. The maximum Gasteiger partial charge on any atom is 0.274 e. The molecule has 0 radical (unpaired) electrons. The Morgan fingerprint density at radius 1 is 0.897 bits per heavy atom. The number of pyridine rings is 2. The Balaban J connectivity index is 1.65. The van der Waals surface area contributed by atoms with Gasteiger partial charge in [0.25, 0.3) is 5.91 Å². The number of aromatic nitrogens is 2. The van der Waals surface area contributed by atoms with E-state index in [0.717, 1.165) is 12.1 Å². The molecular formula is C24H25N3O2. The number of benzene rings is 1. The minimum Gasteiger partial charge on any atom is -0.321 e. The van der Waals surface area contributed by atoms with Gasteiger partial charge in [0.2, 0.25) is 0 Å². The van der Waals surface area contributed by atoms with Gasteiger partial charge in [0.1, 0.15) is 11.4 Å². The summed E-state index contributed by atoms with van der Waals surface area (Å²) in [6.07, 6.45) is 6.70. The van der Waals surface area contributed by atoms with Crippen molar-refractivity contribution in [2.45, 2.75) is 39.0 Å². The Bertz CT molecular complexity index is 968. The number of aryl methyl sites for hydroxylation is 1. The lowest BCUT2D eigenvalue weighted by Gasteiger charge is -2.08. The Kier molecular flexibility index (Phi) is 7.22. The van der Waals surface area contributed by atoms with Crippen LogP contribution in [-0.4, -0.2) is 22.2 Å². The predicted octanol–water partition coefficient (Wildman–Crippen LogP) is 5.33. The van der Waals surface area contributed by atoms with Crippen LogP contribution in [0.1, 0.15) is 59.1 Å². The third kappa shape index (κ3) is 5.82. The largest absolute Gasteiger partial charge is 0.321 e. The second-order valence-electron chi connectivity index (χ2n) is 6.94. The van der Waals surface area contributed by atoms with Gasteiger partial charge in [0, 0.05) is 5.69 Å². The van der Waals surface area contributed by atoms with Crippen LogP contribution in [0, 0.1) is 0 Å². The second kappa shape index (κ2) is 10.3. The van der Waals surface area contributed by atoms with Crippen molar-refractivity contribution in [2.75, 3.05) is 5.32 Å². The molecule has 0 fully saturated rings. The lowest BCUT2D eigenvalue weighted by Crippen LogP contribution is -2.14. The van der Waals surface area contributed by atoms with E-state index in [2.05, 4.69) is 34.3 Å². The van der Waals surface area contributed by atoms with Crippen LogP contribution < -0.4 is 5.32 Å². The summed E-state index contributed by atoms with van der Waals surface area (Å²) in [5.74, 6) is -0.283. The molecule has 5 nitrogen and oxygen atoms in total. The smallest absolute Gasteiger partial charge is 0.274 e. The number of nitrogens with zero attached hydrogens (tertiary/aromatic N) is 2. The third-order valence-electron chi connectivity index (χ3n) is 4.67. The molecule has 3 rings (SSSR count). The van der Waals surface area contributed by atoms with E-state index in [1.165, 1.54) is 31.2 Å². The van der Waals surface area contributed by atoms with Crippen molar-refractivity contribution in [3.05, 3.63) is 77.6 Å². The minimum atomic E-state index is -0.283. The maximum absolute atomic E-state index is 12.6. The number of nitrogens with one attached hydrogen (secondary N) is 1. The lowest BCUT2D eigenvalue weighted by molar-refractivity contribution is 0.102. The van der Waals surface area contributed by atoms with Crippen molar-refractivity contribution >= 4 is 17.9 Å². The number of anilines is 1. The maximum atomic E-state index is 12.6. The molecule has 0 unspecified atom stereocenters. The van der Waals surface area contributed by atoms with E-state index < -0.39 is 0 Å². The number of hydrogen-bond donors (Lipinski definition) is 1. The molecule has 1 amide bonds. The first kappa shape index (κ1) is 20.4. The van der Waals surface area contributed by atoms with Crippen LogP contribution in [0.2, 0.25) is 0 Å². The van der Waals surface area contributed by atoms with Gasteiger partial charge in [-0.15, -0.1) is 0 Å². The lowest BCUT2D eigenvalue weighted by atomic mass is 10.1. The zero-order valence-corrected chi connectivity index (χ0v) is 16.6. The fraction of sp³-hybridized carbons (Fsp3) is 0.250. The number of unbranched alkanes of at least 4 members (excludes halogenated alkanes) is 3. The molecule has 0 spiro atoms. The highest BCUT2D eigenvalue weighted by Crippen LogP contribution is 2.17. The molecule has 0 bridgehead atoms. The van der Waals surface area contributed by atoms with Crippen molar-refractivity contribution in [1.82, 2.24) is 9.97 Å². The predicted molar refractivity (Wildman–Crippen MR) is 115 cm³/mol. The summed E-state index contributed by atoms with van der Waals surface area (Å²) >= 11 is 0. The molecule has 0 aliphatic carbocycles. The topological polar surface area (TPSA) is 72.0 Å². The van der Waals surface area contributed by atoms with Crippen LogP contribution in [-0.2, 0) is 6.42 Å². The highest BCUT2D eigenvalue weighted by atomic mass is 16.1. The molecule has 0 saturated carbocycles. The fourth-order valence-electron chi connectivity index (χ4n) is 3.07. The molecule has 29 heavy (non-hydrogen) atoms. The first-order valence-electron chi connectivity index (χ1n) is 9.99. The van der Waals surface area contributed by atoms with E-state index in [9.17, 15) is 9.59 Å². The summed E-state index contributed by atoms with van der Waals surface area (Å²) in [5.41, 5.74) is 3.74. The monoisotopic (exact) mass is 387 g/mol. The Hall–Kier alpha value is -3.34. The summed E-state index contributed by atoms with van der Waals surface area (Å²) in [7, 11) is 0. The summed E-state index contributed by atoms with van der Waals surface area (Å²) in [4.78, 5) is 32.2. The number of aldehydes is 1. The van der Waals surface area contributed by atoms with Crippen LogP contribution >= 0.6 is 0 Å². The van der Waals surface area contributed by atoms with Crippen molar-refractivity contribution in [1.29, 1.82) is 0 Å². The van der Waals surface area contributed by atoms with Crippen LogP contribution in [0.15, 0.2) is 60.7 Å². The van der Waals surface area contributed by atoms with Gasteiger partial charge < -0.3 is 5.32 Å². The van der Waals surface area contributed by atoms with Crippen molar-refractivity contribution in [2.24, 2.45) is 0 Å². The average Bonchev–Trinajstić information content (AvgIpc) is 2.78. The first-order valence-corrected chi connectivity index (χ1v) is 9.99. The van der Waals surface area contributed by atoms with Crippen LogP contribution in [0.25, 0.3) is 11.4 Å². The van der Waals surface area contributed by atoms with E-state index >= 15 is 0 Å². The zero-order chi connectivity index (χ0) is 20.5. The molecular weight excluding hydrogens is 362 g/mol. The molecule has 2 heterocycles. The third-order valence-corrected chi connectivity index (χ3v) is 4.67. The normalized spacial score (nSPS) is 10.5. The minimum absolute atomic E-state index is 0.283. The Labute approximate surface area is 171 Å². The van der Waals surface area contributed by atoms with Gasteiger partial charge in [-0.2, -0.15) is 0 Å². The van der Waals surface area contributed by atoms with Gasteiger partial charge in [-0.3, -0.25) is 9.59 Å². The molecule has 0 aliphatic heterocycles. The van der Waals surface area contributed by atoms with Crippen molar-refractivity contribution in [3.8, 4) is 11.4 Å². The van der Waals surface area contributed by atoms with E-state index in [1.807, 2.05) is 12.1 Å². The summed E-state index contributed by atoms with van der Waals surface area (Å²) in [6.45, 7) is 2.21. The van der Waals surface area contributed by atoms with Gasteiger partial charge in [0.15, 0.2) is 6.29 Å². The number of amides is 1. The molecule has 1 N–H and O–H groups in total. The average molecular weight is 387 g/mol. The van der Waals surface area contributed by atoms with Crippen LogP contribution in [0.4, 0.5) is 5.69 Å². The molecule has 5 heteroatoms. The first-order chi connectivity index (χ1) is 14.2. The second-order valence-corrected chi connectivity index (χ2v) is 6.94. The molecule has 1 aromatic carbocycles. The molecule has 0 atom stereocenters. The molecule has 2 aromatic heterocycles. The summed E-state index contributed by atoms with van der Waals surface area (Å²) < 4.78 is 0. The van der Waals surface area contributed by atoms with Gasteiger partial charge in [-0.25, -0.2) is 9.97 Å². The number of carbonyl (C=O) groups is 2. The number of rotatable bonds is 9. The highest BCUT2D eigenvalue weighted by Gasteiger charge is 2.10. The van der Waals surface area contributed by atoms with Gasteiger partial charge in [-0.1, -0.05) is 50.5 Å². The van der Waals surface area contributed by atoms with Crippen molar-refractivity contribution in [3.63, 3.8) is 0 Å². The summed E-state index contributed by atoms with van der Waals surface area (Å²) in [6, 6.07) is 18.3. The van der Waals surface area contributed by atoms with E-state index in [1.54, 1.807) is 36.4 Å². The fourth-order valence-corrected chi connectivity index (χ4v) is 3.07. The SMILES string of the molecule is CCCCCCc1ccc(NC(=O)c2cccc(-c3cccc(C=O)n3)n2)cc1. The van der Waals surface area contributed by atoms with E-state index in [0.29, 0.717) is 29.1 Å². The van der Waals surface area contributed by atoms with Gasteiger partial charge >= 0.3 is 0 Å². The van der Waals surface area contributed by atoms with Gasteiger partial charge in [0.05, 0.1) is 11.4 Å². The molecule has 3 aromatic rings.